The third-order valence-corrected chi connectivity index (χ3v) is 7.82. The molecule has 0 aromatic carbocycles. The number of rotatable bonds is 11. The highest BCUT2D eigenvalue weighted by molar-refractivity contribution is 7.59. The Morgan fingerprint density at radius 2 is 1.57 bits per heavy atom. The van der Waals surface area contributed by atoms with Gasteiger partial charge < -0.3 is 71.9 Å². The fourth-order valence-electron chi connectivity index (χ4n) is 5.45. The highest BCUT2D eigenvalue weighted by Crippen LogP contribution is 2.36. The van der Waals surface area contributed by atoms with E-state index in [-0.39, 0.29) is 32.8 Å². The molecule has 3 aliphatic rings. The SMILES string of the molecule is CCC[C@H](O)C(=O)C[C@@H]1CC(N)[C@@H](O[C@H]2OC(CO)[C@@H](O)[C@H](O)C2N)[C@H](O[C@@H]2O[C@H]([C@H](C)N)[C@H](O)C2O)C1O.S. The molecule has 0 radical (unpaired) electrons. The first-order valence-corrected chi connectivity index (χ1v) is 13.4. The normalized spacial score (nSPS) is 45.5. The number of carbonyl (C=O) groups excluding carboxylic acids is 1. The zero-order valence-corrected chi connectivity index (χ0v) is 23.7. The van der Waals surface area contributed by atoms with Gasteiger partial charge in [0.05, 0.1) is 18.8 Å². The lowest BCUT2D eigenvalue weighted by atomic mass is 9.76. The van der Waals surface area contributed by atoms with Crippen molar-refractivity contribution in [3.8, 4) is 0 Å². The minimum atomic E-state index is -1.54. The maximum atomic E-state index is 12.6. The van der Waals surface area contributed by atoms with Crippen molar-refractivity contribution in [1.29, 1.82) is 0 Å². The third kappa shape index (κ3) is 7.69. The molecule has 236 valence electrons. The molecule has 0 bridgehead atoms. The number of aliphatic hydroxyl groups excluding tert-OH is 7. The van der Waals surface area contributed by atoms with Gasteiger partial charge in [0.25, 0.3) is 0 Å². The average Bonchev–Trinajstić information content (AvgIpc) is 3.17. The van der Waals surface area contributed by atoms with Crippen molar-refractivity contribution in [2.24, 2.45) is 23.1 Å². The zero-order chi connectivity index (χ0) is 29.2. The molecule has 1 saturated carbocycles. The summed E-state index contributed by atoms with van der Waals surface area (Å²) in [7, 11) is 0. The van der Waals surface area contributed by atoms with Crippen LogP contribution < -0.4 is 17.2 Å². The van der Waals surface area contributed by atoms with Crippen LogP contribution in [0.25, 0.3) is 0 Å². The summed E-state index contributed by atoms with van der Waals surface area (Å²) in [6, 6.07) is -2.84. The van der Waals surface area contributed by atoms with E-state index >= 15 is 0 Å². The molecule has 2 aliphatic heterocycles. The van der Waals surface area contributed by atoms with E-state index in [0.717, 1.165) is 0 Å². The van der Waals surface area contributed by atoms with Crippen LogP contribution in [0.4, 0.5) is 0 Å². The fourth-order valence-corrected chi connectivity index (χ4v) is 5.45. The molecule has 3 fully saturated rings. The molecule has 16 atom stereocenters. The summed E-state index contributed by atoms with van der Waals surface area (Å²) in [6.45, 7) is 2.75. The Hall–Kier alpha value is -0.540. The lowest BCUT2D eigenvalue weighted by Gasteiger charge is -2.47. The summed E-state index contributed by atoms with van der Waals surface area (Å²) in [5, 5.41) is 72.3. The van der Waals surface area contributed by atoms with Gasteiger partial charge in [-0.2, -0.15) is 13.5 Å². The first-order chi connectivity index (χ1) is 18.3. The first-order valence-electron chi connectivity index (χ1n) is 13.4. The summed E-state index contributed by atoms with van der Waals surface area (Å²) in [4.78, 5) is 12.6. The van der Waals surface area contributed by atoms with Crippen LogP contribution in [0.3, 0.4) is 0 Å². The molecule has 0 amide bonds. The van der Waals surface area contributed by atoms with E-state index in [0.29, 0.717) is 6.42 Å². The van der Waals surface area contributed by atoms with Crippen molar-refractivity contribution in [2.75, 3.05) is 6.61 Å². The number of carbonyl (C=O) groups is 1. The number of ketones is 1. The Labute approximate surface area is 240 Å². The Bertz CT molecular complexity index is 800. The van der Waals surface area contributed by atoms with Gasteiger partial charge >= 0.3 is 0 Å². The number of hydrogen-bond donors (Lipinski definition) is 10. The summed E-state index contributed by atoms with van der Waals surface area (Å²) >= 11 is 0. The van der Waals surface area contributed by atoms with E-state index in [4.69, 9.17) is 36.1 Å². The molecule has 0 spiro atoms. The third-order valence-electron chi connectivity index (χ3n) is 7.82. The van der Waals surface area contributed by atoms with Gasteiger partial charge in [-0.3, -0.25) is 4.79 Å². The number of aliphatic hydroxyl groups is 7. The second-order valence-corrected chi connectivity index (χ2v) is 10.9. The van der Waals surface area contributed by atoms with E-state index in [1.807, 2.05) is 6.92 Å². The molecule has 16 heteroatoms. The van der Waals surface area contributed by atoms with E-state index in [1.54, 1.807) is 6.92 Å². The van der Waals surface area contributed by atoms with E-state index in [2.05, 4.69) is 0 Å². The second-order valence-electron chi connectivity index (χ2n) is 10.9. The van der Waals surface area contributed by atoms with Crippen LogP contribution >= 0.6 is 13.5 Å². The standard InChI is InChI=1S/C24H45N3O12.H2S/c1-3-4-11(29)12(30)6-9-5-10(26)21(38-23-14(27)17(33)16(32)13(7-28)36-23)22(15(9)31)39-24-19(35)18(34)20(37-24)8(2)25;/h8-11,13-24,28-29,31-35H,3-7,25-27H2,1-2H3;1H2/t8-,9-,10?,11-,13?,14?,15?,16+,17+,18+,19?,20+,21+,22+,23+,24-;/m0./s1. The van der Waals surface area contributed by atoms with Crippen molar-refractivity contribution >= 4 is 19.3 Å². The highest BCUT2D eigenvalue weighted by atomic mass is 32.1. The van der Waals surface area contributed by atoms with Gasteiger partial charge in [-0.1, -0.05) is 13.3 Å². The van der Waals surface area contributed by atoms with E-state index in [9.17, 15) is 40.5 Å². The van der Waals surface area contributed by atoms with Crippen molar-refractivity contribution < 1.29 is 59.5 Å². The predicted octanol–water partition coefficient (Wildman–Crippen LogP) is -4.74. The van der Waals surface area contributed by atoms with Crippen LogP contribution in [0, 0.1) is 5.92 Å². The summed E-state index contributed by atoms with van der Waals surface area (Å²) in [5.41, 5.74) is 18.3. The molecule has 40 heavy (non-hydrogen) atoms. The molecule has 2 saturated heterocycles. The maximum Gasteiger partial charge on any atom is 0.187 e. The quantitative estimate of drug-likeness (QED) is 0.106. The molecule has 1 aliphatic carbocycles. The molecule has 0 aromatic heterocycles. The van der Waals surface area contributed by atoms with Crippen molar-refractivity contribution in [3.63, 3.8) is 0 Å². The van der Waals surface area contributed by atoms with Gasteiger partial charge in [0, 0.05) is 18.5 Å². The van der Waals surface area contributed by atoms with E-state index in [1.165, 1.54) is 0 Å². The molecule has 2 heterocycles. The van der Waals surface area contributed by atoms with Gasteiger partial charge in [-0.05, 0) is 25.7 Å². The number of ether oxygens (including phenoxy) is 4. The Kier molecular flexibility index (Phi) is 13.6. The highest BCUT2D eigenvalue weighted by Gasteiger charge is 2.53. The van der Waals surface area contributed by atoms with Crippen molar-refractivity contribution in [3.05, 3.63) is 0 Å². The molecule has 3 rings (SSSR count). The number of hydrogen-bond acceptors (Lipinski definition) is 15. The van der Waals surface area contributed by atoms with E-state index < -0.39 is 110 Å². The van der Waals surface area contributed by atoms with Crippen molar-refractivity contribution in [2.45, 2.75) is 131 Å². The van der Waals surface area contributed by atoms with Gasteiger partial charge in [0.2, 0.25) is 0 Å². The first kappa shape index (κ1) is 35.7. The lowest BCUT2D eigenvalue weighted by molar-refractivity contribution is -0.312. The second kappa shape index (κ2) is 15.3. The van der Waals surface area contributed by atoms with Gasteiger partial charge in [-0.25, -0.2) is 0 Å². The van der Waals surface area contributed by atoms with Crippen LogP contribution in [-0.4, -0.2) is 140 Å². The van der Waals surface area contributed by atoms with Gasteiger partial charge in [-0.15, -0.1) is 0 Å². The zero-order valence-electron chi connectivity index (χ0n) is 22.7. The number of Topliss-reactive ketones (excluding diaryl/α,β-unsaturated/α-hetero) is 1. The van der Waals surface area contributed by atoms with Crippen molar-refractivity contribution in [1.82, 2.24) is 0 Å². The summed E-state index contributed by atoms with van der Waals surface area (Å²) in [6.07, 6.45) is -15.5. The monoisotopic (exact) mass is 601 g/mol. The van der Waals surface area contributed by atoms with Crippen LogP contribution in [0.5, 0.6) is 0 Å². The Balaban J connectivity index is 0.00000560. The van der Waals surface area contributed by atoms with Crippen LogP contribution in [-0.2, 0) is 23.7 Å². The Morgan fingerprint density at radius 3 is 2.12 bits per heavy atom. The molecule has 0 aromatic rings. The minimum absolute atomic E-state index is 0. The van der Waals surface area contributed by atoms with Crippen LogP contribution in [0.2, 0.25) is 0 Å². The van der Waals surface area contributed by atoms with Gasteiger partial charge in [0.15, 0.2) is 18.4 Å². The van der Waals surface area contributed by atoms with Gasteiger partial charge in [0.1, 0.15) is 54.9 Å². The average molecular weight is 602 g/mol. The smallest absolute Gasteiger partial charge is 0.187 e. The molecule has 13 N–H and O–H groups in total. The maximum absolute atomic E-state index is 12.6. The molecule has 5 unspecified atom stereocenters. The predicted molar refractivity (Wildman–Crippen MR) is 143 cm³/mol. The van der Waals surface area contributed by atoms with Crippen LogP contribution in [0.1, 0.15) is 39.5 Å². The summed E-state index contributed by atoms with van der Waals surface area (Å²) in [5.74, 6) is -1.24. The molecule has 15 nitrogen and oxygen atoms in total. The summed E-state index contributed by atoms with van der Waals surface area (Å²) < 4.78 is 23.1. The largest absolute Gasteiger partial charge is 0.394 e. The molecular weight excluding hydrogens is 554 g/mol. The Morgan fingerprint density at radius 1 is 0.950 bits per heavy atom. The fraction of sp³-hybridized carbons (Fsp3) is 0.958. The number of nitrogens with two attached hydrogens (primary N) is 3. The minimum Gasteiger partial charge on any atom is -0.394 e. The van der Waals surface area contributed by atoms with Crippen LogP contribution in [0.15, 0.2) is 0 Å². The topological polar surface area (TPSA) is 274 Å². The molecular formula is C24H47N3O12S. The lowest BCUT2D eigenvalue weighted by Crippen LogP contribution is -2.66.